The van der Waals surface area contributed by atoms with E-state index >= 15 is 0 Å². The summed E-state index contributed by atoms with van der Waals surface area (Å²) >= 11 is 0. The quantitative estimate of drug-likeness (QED) is 0.773. The number of H-pyrrole nitrogens is 1. The number of aromatic nitrogens is 2. The number of nitrogens with one attached hydrogen (secondary N) is 2. The van der Waals surface area contributed by atoms with E-state index in [1.54, 1.807) is 12.1 Å². The summed E-state index contributed by atoms with van der Waals surface area (Å²) in [6, 6.07) is 9.56. The molecular formula is C14H15N3O2. The van der Waals surface area contributed by atoms with Crippen molar-refractivity contribution in [2.45, 2.75) is 25.4 Å². The molecule has 2 aromatic rings. The van der Waals surface area contributed by atoms with Crippen molar-refractivity contribution in [1.29, 1.82) is 0 Å². The predicted octanol–water partition coefficient (Wildman–Crippen LogP) is 1.39. The fraction of sp³-hybridized carbons (Fsp3) is 0.286. The molecule has 1 aliphatic carbocycles. The van der Waals surface area contributed by atoms with Gasteiger partial charge in [0.15, 0.2) is 0 Å². The van der Waals surface area contributed by atoms with Gasteiger partial charge in [0.05, 0.1) is 6.54 Å². The topological polar surface area (TPSA) is 78.0 Å². The van der Waals surface area contributed by atoms with Crippen molar-refractivity contribution in [3.05, 3.63) is 46.5 Å². The SMILES string of the molecule is O=c1[nH]c(CNC2CC2)nc(O)c1-c1ccccc1. The van der Waals surface area contributed by atoms with Crippen molar-refractivity contribution in [2.75, 3.05) is 0 Å². The van der Waals surface area contributed by atoms with Crippen LogP contribution in [0.4, 0.5) is 0 Å². The highest BCUT2D eigenvalue weighted by molar-refractivity contribution is 5.66. The first-order valence-corrected chi connectivity index (χ1v) is 6.35. The Morgan fingerprint density at radius 3 is 2.68 bits per heavy atom. The minimum Gasteiger partial charge on any atom is -0.493 e. The highest BCUT2D eigenvalue weighted by Crippen LogP contribution is 2.23. The summed E-state index contributed by atoms with van der Waals surface area (Å²) in [5, 5.41) is 13.2. The van der Waals surface area contributed by atoms with Crippen LogP contribution in [-0.4, -0.2) is 21.1 Å². The molecular weight excluding hydrogens is 242 g/mol. The summed E-state index contributed by atoms with van der Waals surface area (Å²) in [6.07, 6.45) is 2.33. The third kappa shape index (κ3) is 2.66. The lowest BCUT2D eigenvalue weighted by Gasteiger charge is -2.06. The normalized spacial score (nSPS) is 14.5. The Balaban J connectivity index is 1.91. The average Bonchev–Trinajstić information content (AvgIpc) is 3.21. The monoisotopic (exact) mass is 257 g/mol. The second-order valence-corrected chi connectivity index (χ2v) is 4.73. The average molecular weight is 257 g/mol. The lowest BCUT2D eigenvalue weighted by Crippen LogP contribution is -2.21. The van der Waals surface area contributed by atoms with E-state index < -0.39 is 0 Å². The highest BCUT2D eigenvalue weighted by atomic mass is 16.3. The van der Waals surface area contributed by atoms with E-state index in [2.05, 4.69) is 15.3 Å². The van der Waals surface area contributed by atoms with Crippen LogP contribution < -0.4 is 10.9 Å². The second kappa shape index (κ2) is 4.85. The molecule has 5 nitrogen and oxygen atoms in total. The van der Waals surface area contributed by atoms with Gasteiger partial charge in [0.25, 0.3) is 5.56 Å². The van der Waals surface area contributed by atoms with Crippen molar-refractivity contribution in [1.82, 2.24) is 15.3 Å². The number of benzene rings is 1. The maximum atomic E-state index is 12.0. The standard InChI is InChI=1S/C14H15N3O2/c18-13-12(9-4-2-1-3-5-9)14(19)17-11(16-13)8-15-10-6-7-10/h1-5,10,15H,6-8H2,(H2,16,17,18,19). The Kier molecular flexibility index (Phi) is 3.05. The zero-order valence-electron chi connectivity index (χ0n) is 10.4. The van der Waals surface area contributed by atoms with E-state index in [9.17, 15) is 9.90 Å². The van der Waals surface area contributed by atoms with Crippen LogP contribution in [0.3, 0.4) is 0 Å². The molecule has 0 radical (unpaired) electrons. The third-order valence-electron chi connectivity index (χ3n) is 3.15. The number of hydrogen-bond donors (Lipinski definition) is 3. The van der Waals surface area contributed by atoms with Crippen LogP contribution in [0.15, 0.2) is 35.1 Å². The lowest BCUT2D eigenvalue weighted by molar-refractivity contribution is 0.448. The molecule has 0 aliphatic heterocycles. The van der Waals surface area contributed by atoms with Crippen molar-refractivity contribution in [2.24, 2.45) is 0 Å². The Morgan fingerprint density at radius 2 is 2.05 bits per heavy atom. The first-order chi connectivity index (χ1) is 9.24. The molecule has 1 fully saturated rings. The van der Waals surface area contributed by atoms with Crippen molar-refractivity contribution in [3.8, 4) is 17.0 Å². The Morgan fingerprint density at radius 1 is 1.32 bits per heavy atom. The van der Waals surface area contributed by atoms with Crippen LogP contribution in [0.25, 0.3) is 11.1 Å². The van der Waals surface area contributed by atoms with Crippen LogP contribution in [0.5, 0.6) is 5.88 Å². The van der Waals surface area contributed by atoms with E-state index in [1.807, 2.05) is 18.2 Å². The summed E-state index contributed by atoms with van der Waals surface area (Å²) in [4.78, 5) is 18.8. The molecule has 1 heterocycles. The molecule has 0 bridgehead atoms. The zero-order valence-corrected chi connectivity index (χ0v) is 10.4. The van der Waals surface area contributed by atoms with Gasteiger partial charge in [-0.1, -0.05) is 30.3 Å². The zero-order chi connectivity index (χ0) is 13.2. The van der Waals surface area contributed by atoms with Gasteiger partial charge in [-0.25, -0.2) is 0 Å². The van der Waals surface area contributed by atoms with E-state index in [4.69, 9.17) is 0 Å². The molecule has 1 aromatic heterocycles. The smallest absolute Gasteiger partial charge is 0.262 e. The minimum atomic E-state index is -0.314. The highest BCUT2D eigenvalue weighted by Gasteiger charge is 2.21. The maximum absolute atomic E-state index is 12.0. The first-order valence-electron chi connectivity index (χ1n) is 6.35. The number of aromatic amines is 1. The van der Waals surface area contributed by atoms with Crippen LogP contribution >= 0.6 is 0 Å². The van der Waals surface area contributed by atoms with Gasteiger partial charge in [-0.05, 0) is 18.4 Å². The summed E-state index contributed by atoms with van der Waals surface area (Å²) < 4.78 is 0. The second-order valence-electron chi connectivity index (χ2n) is 4.73. The number of hydrogen-bond acceptors (Lipinski definition) is 4. The van der Waals surface area contributed by atoms with E-state index in [0.29, 0.717) is 24.0 Å². The fourth-order valence-electron chi connectivity index (χ4n) is 1.98. The van der Waals surface area contributed by atoms with Crippen molar-refractivity contribution in [3.63, 3.8) is 0 Å². The van der Waals surface area contributed by atoms with Gasteiger partial charge in [0.2, 0.25) is 5.88 Å². The molecule has 0 spiro atoms. The Labute approximate surface area is 110 Å². The van der Waals surface area contributed by atoms with Crippen LogP contribution in [0.2, 0.25) is 0 Å². The molecule has 1 aliphatic rings. The van der Waals surface area contributed by atoms with Gasteiger partial charge in [-0.2, -0.15) is 4.98 Å². The molecule has 3 rings (SSSR count). The van der Waals surface area contributed by atoms with E-state index in [1.165, 1.54) is 0 Å². The van der Waals surface area contributed by atoms with Gasteiger partial charge >= 0.3 is 0 Å². The summed E-state index contributed by atoms with van der Waals surface area (Å²) in [7, 11) is 0. The summed E-state index contributed by atoms with van der Waals surface area (Å²) in [6.45, 7) is 0.475. The largest absolute Gasteiger partial charge is 0.493 e. The Hall–Kier alpha value is -2.14. The molecule has 0 amide bonds. The summed E-state index contributed by atoms with van der Waals surface area (Å²) in [5.41, 5.74) is 0.567. The maximum Gasteiger partial charge on any atom is 0.262 e. The van der Waals surface area contributed by atoms with Gasteiger partial charge in [0.1, 0.15) is 11.4 Å². The number of aromatic hydroxyl groups is 1. The van der Waals surface area contributed by atoms with Crippen LogP contribution in [-0.2, 0) is 6.54 Å². The molecule has 1 saturated carbocycles. The third-order valence-corrected chi connectivity index (χ3v) is 3.15. The van der Waals surface area contributed by atoms with Gasteiger partial charge < -0.3 is 15.4 Å². The van der Waals surface area contributed by atoms with Gasteiger partial charge in [0, 0.05) is 6.04 Å². The van der Waals surface area contributed by atoms with Crippen LogP contribution in [0.1, 0.15) is 18.7 Å². The molecule has 5 heteroatoms. The lowest BCUT2D eigenvalue weighted by atomic mass is 10.1. The molecule has 0 atom stereocenters. The molecule has 98 valence electrons. The molecule has 19 heavy (non-hydrogen) atoms. The fourth-order valence-corrected chi connectivity index (χ4v) is 1.98. The van der Waals surface area contributed by atoms with Gasteiger partial charge in [-0.15, -0.1) is 0 Å². The summed E-state index contributed by atoms with van der Waals surface area (Å²) in [5.74, 6) is 0.247. The first kappa shape index (κ1) is 11.9. The molecule has 1 aromatic carbocycles. The van der Waals surface area contributed by atoms with E-state index in [-0.39, 0.29) is 17.0 Å². The van der Waals surface area contributed by atoms with Crippen LogP contribution in [0, 0.1) is 0 Å². The molecule has 0 unspecified atom stereocenters. The van der Waals surface area contributed by atoms with Gasteiger partial charge in [-0.3, -0.25) is 4.79 Å². The minimum absolute atomic E-state index is 0.218. The predicted molar refractivity (Wildman–Crippen MR) is 71.8 cm³/mol. The molecule has 3 N–H and O–H groups in total. The number of nitrogens with zero attached hydrogens (tertiary/aromatic N) is 1. The Bertz CT molecular complexity index is 633. The van der Waals surface area contributed by atoms with Crippen molar-refractivity contribution < 1.29 is 5.11 Å². The molecule has 0 saturated heterocycles. The van der Waals surface area contributed by atoms with Crippen molar-refractivity contribution >= 4 is 0 Å². The number of rotatable bonds is 4. The van der Waals surface area contributed by atoms with E-state index in [0.717, 1.165) is 12.8 Å².